The molecule has 2 aromatic heterocycles. The number of ketones is 1. The van der Waals surface area contributed by atoms with Gasteiger partial charge in [0.2, 0.25) is 0 Å². The van der Waals surface area contributed by atoms with Crippen LogP contribution in [0.15, 0.2) is 30.3 Å². The molecule has 3 heterocycles. The summed E-state index contributed by atoms with van der Waals surface area (Å²) in [5, 5.41) is 15.4. The molecular weight excluding hydrogens is 400 g/mol. The highest BCUT2D eigenvalue weighted by Crippen LogP contribution is 2.31. The molecule has 3 aromatic rings. The lowest BCUT2D eigenvalue weighted by atomic mass is 10.1. The number of benzene rings is 1. The fourth-order valence-electron chi connectivity index (χ4n) is 4.05. The molecule has 1 aliphatic heterocycles. The van der Waals surface area contributed by atoms with Crippen LogP contribution in [0.3, 0.4) is 0 Å². The van der Waals surface area contributed by atoms with Crippen LogP contribution in [0, 0.1) is 37.8 Å². The zero-order valence-electron chi connectivity index (χ0n) is 17.9. The first-order valence-electron chi connectivity index (χ1n) is 10.0. The Labute approximate surface area is 179 Å². The Morgan fingerprint density at radius 2 is 1.90 bits per heavy atom. The number of hydrogen-bond acceptors (Lipinski definition) is 6. The first-order valence-corrected chi connectivity index (χ1v) is 10.0. The van der Waals surface area contributed by atoms with E-state index in [1.807, 2.05) is 48.7 Å². The molecule has 9 nitrogen and oxygen atoms in total. The maximum Gasteiger partial charge on any atom is 0.312 e. The van der Waals surface area contributed by atoms with Crippen LogP contribution in [0.1, 0.15) is 33.1 Å². The summed E-state index contributed by atoms with van der Waals surface area (Å²) in [4.78, 5) is 23.8. The van der Waals surface area contributed by atoms with E-state index in [2.05, 4.69) is 5.10 Å². The Kier molecular flexibility index (Phi) is 5.26. The largest absolute Gasteiger partial charge is 0.486 e. The van der Waals surface area contributed by atoms with Crippen LogP contribution in [0.25, 0.3) is 0 Å². The van der Waals surface area contributed by atoms with E-state index in [4.69, 9.17) is 9.47 Å². The summed E-state index contributed by atoms with van der Waals surface area (Å²) in [6, 6.07) is 9.39. The Bertz CT molecular complexity index is 1180. The summed E-state index contributed by atoms with van der Waals surface area (Å²) in [6.45, 7) is 7.92. The molecule has 9 heteroatoms. The number of para-hydroxylation sites is 2. The number of carbonyl (C=O) groups excluding carboxylic acids is 1. The summed E-state index contributed by atoms with van der Waals surface area (Å²) in [5.41, 5.74) is 2.95. The van der Waals surface area contributed by atoms with E-state index in [1.54, 1.807) is 13.8 Å². The van der Waals surface area contributed by atoms with E-state index in [9.17, 15) is 14.9 Å². The van der Waals surface area contributed by atoms with Crippen molar-refractivity contribution in [1.82, 2.24) is 14.3 Å². The summed E-state index contributed by atoms with van der Waals surface area (Å²) in [5.74, 6) is 1.30. The van der Waals surface area contributed by atoms with Gasteiger partial charge in [0.25, 0.3) is 0 Å². The molecule has 1 atom stereocenters. The zero-order chi connectivity index (χ0) is 22.3. The minimum atomic E-state index is -0.463. The molecule has 31 heavy (non-hydrogen) atoms. The number of fused-ring (bicyclic) bond motifs is 1. The number of ether oxygens (including phenoxy) is 2. The monoisotopic (exact) mass is 424 g/mol. The Morgan fingerprint density at radius 3 is 2.58 bits per heavy atom. The second-order valence-electron chi connectivity index (χ2n) is 7.75. The summed E-state index contributed by atoms with van der Waals surface area (Å²) in [6.07, 6.45) is -0.179. The molecule has 1 aromatic carbocycles. The summed E-state index contributed by atoms with van der Waals surface area (Å²) >= 11 is 0. The van der Waals surface area contributed by atoms with E-state index in [0.29, 0.717) is 35.9 Å². The normalized spacial score (nSPS) is 15.2. The topological polar surface area (TPSA) is 101 Å². The predicted octanol–water partition coefficient (Wildman–Crippen LogP) is 3.55. The van der Waals surface area contributed by atoms with Crippen LogP contribution in [0.2, 0.25) is 0 Å². The van der Waals surface area contributed by atoms with Gasteiger partial charge in [-0.3, -0.25) is 19.6 Å². The van der Waals surface area contributed by atoms with Gasteiger partial charge in [0.15, 0.2) is 23.4 Å². The Morgan fingerprint density at radius 1 is 1.19 bits per heavy atom. The van der Waals surface area contributed by atoms with Crippen LogP contribution < -0.4 is 9.47 Å². The minimum absolute atomic E-state index is 0.0481. The van der Waals surface area contributed by atoms with Crippen LogP contribution >= 0.6 is 0 Å². The van der Waals surface area contributed by atoms with Crippen molar-refractivity contribution in [2.24, 2.45) is 0 Å². The third kappa shape index (κ3) is 3.78. The lowest BCUT2D eigenvalue weighted by Gasteiger charge is -2.27. The van der Waals surface area contributed by atoms with Crippen molar-refractivity contribution >= 4 is 11.5 Å². The summed E-state index contributed by atoms with van der Waals surface area (Å²) < 4.78 is 15.3. The average molecular weight is 424 g/mol. The smallest absolute Gasteiger partial charge is 0.312 e. The molecule has 0 amide bonds. The predicted molar refractivity (Wildman–Crippen MR) is 113 cm³/mol. The molecule has 0 N–H and O–H groups in total. The van der Waals surface area contributed by atoms with Crippen LogP contribution in [-0.4, -0.2) is 37.8 Å². The second-order valence-corrected chi connectivity index (χ2v) is 7.75. The van der Waals surface area contributed by atoms with Crippen molar-refractivity contribution < 1.29 is 19.2 Å². The van der Waals surface area contributed by atoms with E-state index in [1.165, 1.54) is 4.68 Å². The molecule has 0 unspecified atom stereocenters. The standard InChI is InChI=1S/C22H24N4O5/c1-13-9-18(19(27)11-25-16(4)22(26(28)29)14(2)23-25)15(3)24(13)10-17-12-30-20-7-5-6-8-21(20)31-17/h5-9,17H,10-12H2,1-4H3/t17-/m1/s1. The number of rotatable bonds is 6. The number of nitrogens with zero attached hydrogens (tertiary/aromatic N) is 4. The number of hydrogen-bond donors (Lipinski definition) is 0. The van der Waals surface area contributed by atoms with Crippen LogP contribution in [-0.2, 0) is 13.1 Å². The number of carbonyl (C=O) groups is 1. The quantitative estimate of drug-likeness (QED) is 0.341. The molecule has 162 valence electrons. The molecular formula is C22H24N4O5. The SMILES string of the molecule is Cc1nn(CC(=O)c2cc(C)n(C[C@@H]3COc4ccccc4O3)c2C)c(C)c1[N+](=O)[O-]. The molecule has 0 aliphatic carbocycles. The molecule has 4 rings (SSSR count). The number of aryl methyl sites for hydroxylation is 2. The lowest BCUT2D eigenvalue weighted by molar-refractivity contribution is -0.386. The average Bonchev–Trinajstić information content (AvgIpc) is 3.17. The number of nitro groups is 1. The molecule has 0 fully saturated rings. The van der Waals surface area contributed by atoms with Gasteiger partial charge in [-0.1, -0.05) is 12.1 Å². The van der Waals surface area contributed by atoms with Crippen molar-refractivity contribution in [2.75, 3.05) is 6.61 Å². The van der Waals surface area contributed by atoms with Gasteiger partial charge >= 0.3 is 5.69 Å². The van der Waals surface area contributed by atoms with Crippen LogP contribution in [0.5, 0.6) is 11.5 Å². The third-order valence-electron chi connectivity index (χ3n) is 5.65. The highest BCUT2D eigenvalue weighted by molar-refractivity contribution is 5.97. The van der Waals surface area contributed by atoms with Crippen molar-refractivity contribution in [1.29, 1.82) is 0 Å². The molecule has 0 bridgehead atoms. The van der Waals surface area contributed by atoms with Gasteiger partial charge in [0, 0.05) is 17.0 Å². The van der Waals surface area contributed by atoms with Gasteiger partial charge in [0.1, 0.15) is 24.5 Å². The first kappa shape index (κ1) is 20.6. The second kappa shape index (κ2) is 7.90. The lowest BCUT2D eigenvalue weighted by Crippen LogP contribution is -2.33. The van der Waals surface area contributed by atoms with Gasteiger partial charge in [-0.2, -0.15) is 5.10 Å². The molecule has 0 saturated heterocycles. The van der Waals surface area contributed by atoms with Gasteiger partial charge < -0.3 is 14.0 Å². The highest BCUT2D eigenvalue weighted by Gasteiger charge is 2.26. The van der Waals surface area contributed by atoms with E-state index in [-0.39, 0.29) is 24.1 Å². The highest BCUT2D eigenvalue weighted by atomic mass is 16.6. The van der Waals surface area contributed by atoms with E-state index < -0.39 is 4.92 Å². The Balaban J connectivity index is 1.53. The fourth-order valence-corrected chi connectivity index (χ4v) is 4.05. The van der Waals surface area contributed by atoms with Crippen LogP contribution in [0.4, 0.5) is 5.69 Å². The maximum absolute atomic E-state index is 13.0. The Hall–Kier alpha value is -3.62. The van der Waals surface area contributed by atoms with Crippen molar-refractivity contribution in [3.05, 3.63) is 68.8 Å². The maximum atomic E-state index is 13.0. The van der Waals surface area contributed by atoms with Gasteiger partial charge in [-0.05, 0) is 45.9 Å². The first-order chi connectivity index (χ1) is 14.8. The van der Waals surface area contributed by atoms with Crippen molar-refractivity contribution in [3.63, 3.8) is 0 Å². The molecule has 0 spiro atoms. The van der Waals surface area contributed by atoms with Gasteiger partial charge in [-0.15, -0.1) is 0 Å². The number of Topliss-reactive ketones (excluding diaryl/α,β-unsaturated/α-hetero) is 1. The fraction of sp³-hybridized carbons (Fsp3) is 0.364. The van der Waals surface area contributed by atoms with Gasteiger partial charge in [0.05, 0.1) is 11.5 Å². The molecule has 0 radical (unpaired) electrons. The summed E-state index contributed by atoms with van der Waals surface area (Å²) in [7, 11) is 0. The van der Waals surface area contributed by atoms with Crippen molar-refractivity contribution in [2.45, 2.75) is 46.9 Å². The van der Waals surface area contributed by atoms with Crippen molar-refractivity contribution in [3.8, 4) is 11.5 Å². The third-order valence-corrected chi connectivity index (χ3v) is 5.65. The molecule has 1 aliphatic rings. The number of aromatic nitrogens is 3. The molecule has 0 saturated carbocycles. The minimum Gasteiger partial charge on any atom is -0.486 e. The zero-order valence-corrected chi connectivity index (χ0v) is 17.9. The van der Waals surface area contributed by atoms with E-state index >= 15 is 0 Å². The van der Waals surface area contributed by atoms with Gasteiger partial charge in [-0.25, -0.2) is 0 Å². The van der Waals surface area contributed by atoms with E-state index in [0.717, 1.165) is 17.1 Å².